The van der Waals surface area contributed by atoms with Gasteiger partial charge in [-0.3, -0.25) is 0 Å². The van der Waals surface area contributed by atoms with Gasteiger partial charge in [0.15, 0.2) is 0 Å². The molecule has 1 aliphatic carbocycles. The van der Waals surface area contributed by atoms with E-state index in [1.165, 1.54) is 50.0 Å². The van der Waals surface area contributed by atoms with Gasteiger partial charge < -0.3 is 10.5 Å². The van der Waals surface area contributed by atoms with E-state index in [-0.39, 0.29) is 11.1 Å². The fourth-order valence-electron chi connectivity index (χ4n) is 4.37. The van der Waals surface area contributed by atoms with E-state index >= 15 is 0 Å². The van der Waals surface area contributed by atoms with Crippen LogP contribution in [0, 0.1) is 11.3 Å². The Morgan fingerprint density at radius 2 is 2.06 bits per heavy atom. The second kappa shape index (κ2) is 4.39. The quantitative estimate of drug-likeness (QED) is 0.794. The van der Waals surface area contributed by atoms with Gasteiger partial charge in [-0.15, -0.1) is 0 Å². The summed E-state index contributed by atoms with van der Waals surface area (Å²) in [5.74, 6) is 3.16. The number of thioether (sulfide) groups is 1. The highest BCUT2D eigenvalue weighted by Gasteiger charge is 2.50. The van der Waals surface area contributed by atoms with Gasteiger partial charge in [-0.05, 0) is 55.6 Å². The first-order valence-electron chi connectivity index (χ1n) is 7.44. The molecule has 104 valence electrons. The third kappa shape index (κ3) is 2.34. The van der Waals surface area contributed by atoms with Crippen LogP contribution in [0.4, 0.5) is 0 Å². The van der Waals surface area contributed by atoms with Crippen LogP contribution in [0.5, 0.6) is 0 Å². The van der Waals surface area contributed by atoms with Gasteiger partial charge in [0.2, 0.25) is 0 Å². The second-order valence-corrected chi connectivity index (χ2v) is 8.70. The van der Waals surface area contributed by atoms with Crippen LogP contribution < -0.4 is 5.73 Å². The zero-order valence-electron chi connectivity index (χ0n) is 11.8. The van der Waals surface area contributed by atoms with Crippen LogP contribution in [0.15, 0.2) is 0 Å². The molecule has 18 heavy (non-hydrogen) atoms. The van der Waals surface area contributed by atoms with Crippen LogP contribution in [0.3, 0.4) is 0 Å². The number of hydrogen-bond acceptors (Lipinski definition) is 3. The fourth-order valence-corrected chi connectivity index (χ4v) is 5.75. The molecule has 0 bridgehead atoms. The minimum atomic E-state index is 0.0908. The maximum Gasteiger partial charge on any atom is 0.0783 e. The van der Waals surface area contributed by atoms with Crippen molar-refractivity contribution in [3.05, 3.63) is 0 Å². The number of ether oxygens (including phenoxy) is 1. The van der Waals surface area contributed by atoms with Gasteiger partial charge in [0.25, 0.3) is 0 Å². The van der Waals surface area contributed by atoms with Gasteiger partial charge in [0.05, 0.1) is 5.60 Å². The summed E-state index contributed by atoms with van der Waals surface area (Å²) in [6.07, 6.45) is 7.35. The average Bonchev–Trinajstić information content (AvgIpc) is 2.85. The Morgan fingerprint density at radius 1 is 1.22 bits per heavy atom. The molecule has 3 heteroatoms. The molecular weight excluding hydrogens is 242 g/mol. The summed E-state index contributed by atoms with van der Waals surface area (Å²) < 4.78 is 6.14. The maximum atomic E-state index is 6.80. The molecule has 3 atom stereocenters. The average molecular weight is 269 g/mol. The van der Waals surface area contributed by atoms with Crippen LogP contribution in [0.1, 0.15) is 52.4 Å². The van der Waals surface area contributed by atoms with Gasteiger partial charge in [-0.25, -0.2) is 0 Å². The van der Waals surface area contributed by atoms with Crippen molar-refractivity contribution in [3.63, 3.8) is 0 Å². The molecular formula is C15H27NOS. The monoisotopic (exact) mass is 269 g/mol. The van der Waals surface area contributed by atoms with Crippen molar-refractivity contribution in [2.75, 3.05) is 18.1 Å². The first kappa shape index (κ1) is 13.3. The van der Waals surface area contributed by atoms with Gasteiger partial charge in [0.1, 0.15) is 0 Å². The minimum absolute atomic E-state index is 0.0908. The predicted molar refractivity (Wildman–Crippen MR) is 77.9 cm³/mol. The van der Waals surface area contributed by atoms with E-state index < -0.39 is 0 Å². The summed E-state index contributed by atoms with van der Waals surface area (Å²) in [5, 5.41) is 0. The molecule has 3 aliphatic rings. The summed E-state index contributed by atoms with van der Waals surface area (Å²) in [5.41, 5.74) is 7.53. The molecule has 1 saturated carbocycles. The van der Waals surface area contributed by atoms with Crippen molar-refractivity contribution in [1.82, 2.24) is 0 Å². The molecule has 3 rings (SSSR count). The third-order valence-electron chi connectivity index (χ3n) is 5.45. The Hall–Kier alpha value is 0.270. The summed E-state index contributed by atoms with van der Waals surface area (Å²) in [6.45, 7) is 5.69. The van der Waals surface area contributed by atoms with Gasteiger partial charge in [-0.2, -0.15) is 11.8 Å². The molecule has 2 aliphatic heterocycles. The Morgan fingerprint density at radius 3 is 2.67 bits per heavy atom. The molecule has 3 unspecified atom stereocenters. The largest absolute Gasteiger partial charge is 0.374 e. The Kier molecular flexibility index (Phi) is 3.23. The van der Waals surface area contributed by atoms with E-state index in [1.54, 1.807) is 0 Å². The van der Waals surface area contributed by atoms with Crippen LogP contribution in [-0.2, 0) is 4.74 Å². The summed E-state index contributed by atoms with van der Waals surface area (Å²) in [7, 11) is 0. The van der Waals surface area contributed by atoms with Crippen LogP contribution in [-0.4, -0.2) is 29.3 Å². The van der Waals surface area contributed by atoms with Crippen molar-refractivity contribution in [2.24, 2.45) is 17.1 Å². The molecule has 3 fully saturated rings. The molecule has 2 N–H and O–H groups in total. The first-order valence-corrected chi connectivity index (χ1v) is 8.59. The van der Waals surface area contributed by atoms with Crippen molar-refractivity contribution in [1.29, 1.82) is 0 Å². The lowest BCUT2D eigenvalue weighted by Gasteiger charge is -2.45. The zero-order chi connectivity index (χ0) is 12.9. The third-order valence-corrected chi connectivity index (χ3v) is 6.67. The Labute approximate surface area is 115 Å². The lowest BCUT2D eigenvalue weighted by Crippen LogP contribution is -2.52. The molecule has 2 heterocycles. The van der Waals surface area contributed by atoms with Crippen LogP contribution >= 0.6 is 11.8 Å². The SMILES string of the molecule is CC1(C)CCC(N)(C2CCOC3(CCSC3)C2)C1. The fraction of sp³-hybridized carbons (Fsp3) is 1.00. The molecule has 2 saturated heterocycles. The minimum Gasteiger partial charge on any atom is -0.374 e. The molecule has 0 radical (unpaired) electrons. The van der Waals surface area contributed by atoms with Crippen molar-refractivity contribution >= 4 is 11.8 Å². The maximum absolute atomic E-state index is 6.80. The van der Waals surface area contributed by atoms with Crippen LogP contribution in [0.25, 0.3) is 0 Å². The molecule has 0 aromatic rings. The lowest BCUT2D eigenvalue weighted by atomic mass is 9.72. The topological polar surface area (TPSA) is 35.2 Å². The van der Waals surface area contributed by atoms with E-state index in [1.807, 2.05) is 0 Å². The van der Waals surface area contributed by atoms with Crippen molar-refractivity contribution in [2.45, 2.75) is 63.5 Å². The Bertz CT molecular complexity index is 324. The number of hydrogen-bond donors (Lipinski definition) is 1. The van der Waals surface area contributed by atoms with E-state index in [4.69, 9.17) is 10.5 Å². The van der Waals surface area contributed by atoms with Gasteiger partial charge >= 0.3 is 0 Å². The number of nitrogens with two attached hydrogens (primary N) is 1. The standard InChI is InChI=1S/C15H27NOS/c1-13(2)4-5-15(16,10-13)12-3-7-17-14(9-12)6-8-18-11-14/h12H,3-11,16H2,1-2H3. The molecule has 0 amide bonds. The zero-order valence-corrected chi connectivity index (χ0v) is 12.7. The van der Waals surface area contributed by atoms with Crippen molar-refractivity contribution in [3.8, 4) is 0 Å². The molecule has 1 spiro atoms. The first-order chi connectivity index (χ1) is 8.43. The highest BCUT2D eigenvalue weighted by Crippen LogP contribution is 2.51. The smallest absolute Gasteiger partial charge is 0.0783 e. The highest BCUT2D eigenvalue weighted by molar-refractivity contribution is 7.99. The van der Waals surface area contributed by atoms with Crippen LogP contribution in [0.2, 0.25) is 0 Å². The molecule has 2 nitrogen and oxygen atoms in total. The second-order valence-electron chi connectivity index (χ2n) is 7.60. The Balaban J connectivity index is 1.72. The molecule has 0 aromatic heterocycles. The normalized spacial score (nSPS) is 47.8. The summed E-state index contributed by atoms with van der Waals surface area (Å²) in [6, 6.07) is 0. The van der Waals surface area contributed by atoms with E-state index in [0.29, 0.717) is 11.3 Å². The van der Waals surface area contributed by atoms with Crippen molar-refractivity contribution < 1.29 is 4.74 Å². The van der Waals surface area contributed by atoms with Gasteiger partial charge in [-0.1, -0.05) is 13.8 Å². The summed E-state index contributed by atoms with van der Waals surface area (Å²) in [4.78, 5) is 0. The van der Waals surface area contributed by atoms with E-state index in [0.717, 1.165) is 6.61 Å². The predicted octanol–water partition coefficient (Wildman–Crippen LogP) is 3.20. The summed E-state index contributed by atoms with van der Waals surface area (Å²) >= 11 is 2.06. The van der Waals surface area contributed by atoms with E-state index in [2.05, 4.69) is 25.6 Å². The molecule has 0 aromatic carbocycles. The highest BCUT2D eigenvalue weighted by atomic mass is 32.2. The van der Waals surface area contributed by atoms with Gasteiger partial charge in [0, 0.05) is 17.9 Å². The number of rotatable bonds is 1. The lowest BCUT2D eigenvalue weighted by molar-refractivity contribution is -0.0926. The van der Waals surface area contributed by atoms with E-state index in [9.17, 15) is 0 Å².